The molecule has 1 N–H and O–H groups in total. The van der Waals surface area contributed by atoms with E-state index in [0.29, 0.717) is 11.3 Å². The summed E-state index contributed by atoms with van der Waals surface area (Å²) < 4.78 is 72.4. The maximum atomic E-state index is 12.1. The average Bonchev–Trinajstić information content (AvgIpc) is 2.89. The van der Waals surface area contributed by atoms with Gasteiger partial charge in [0.2, 0.25) is 10.0 Å². The molecule has 0 amide bonds. The van der Waals surface area contributed by atoms with Crippen LogP contribution in [0.15, 0.2) is 34.7 Å². The molecule has 0 saturated heterocycles. The Labute approximate surface area is 131 Å². The van der Waals surface area contributed by atoms with Crippen LogP contribution in [0.3, 0.4) is 0 Å². The number of nitrogens with one attached hydrogen (secondary N) is 1. The largest absolute Gasteiger partial charge is 0.458 e. The minimum absolute atomic E-state index is 0.212. The summed E-state index contributed by atoms with van der Waals surface area (Å²) in [5.74, 6) is -0.625. The van der Waals surface area contributed by atoms with Crippen molar-refractivity contribution in [2.75, 3.05) is 19.4 Å². The number of ether oxygens (including phenoxy) is 1. The van der Waals surface area contributed by atoms with E-state index in [2.05, 4.69) is 4.72 Å². The van der Waals surface area contributed by atoms with Crippen LogP contribution in [0.2, 0.25) is 0 Å². The lowest BCUT2D eigenvalue weighted by Crippen LogP contribution is -2.32. The number of fused-ring (bicyclic) bond motifs is 1. The molecule has 1 aromatic carbocycles. The topological polar surface area (TPSA) is 68.5 Å². The Kier molecular flexibility index (Phi) is 5.33. The summed E-state index contributed by atoms with van der Waals surface area (Å²) in [4.78, 5) is 0. The number of hydrogen-bond acceptors (Lipinski definition) is 4. The quantitative estimate of drug-likeness (QED) is 0.833. The van der Waals surface area contributed by atoms with E-state index >= 15 is 0 Å². The highest BCUT2D eigenvalue weighted by Gasteiger charge is 2.30. The number of furan rings is 1. The zero-order valence-corrected chi connectivity index (χ0v) is 13.1. The summed E-state index contributed by atoms with van der Waals surface area (Å²) in [6.07, 6.45) is -6.65. The van der Waals surface area contributed by atoms with Crippen LogP contribution in [0.25, 0.3) is 11.0 Å². The van der Waals surface area contributed by atoms with E-state index in [1.165, 1.54) is 7.11 Å². The Morgan fingerprint density at radius 2 is 2.00 bits per heavy atom. The van der Waals surface area contributed by atoms with Gasteiger partial charge in [-0.05, 0) is 12.1 Å². The Morgan fingerprint density at radius 1 is 1.30 bits per heavy atom. The van der Waals surface area contributed by atoms with Crippen LogP contribution in [-0.4, -0.2) is 34.0 Å². The summed E-state index contributed by atoms with van der Waals surface area (Å²) in [6, 6.07) is 8.88. The van der Waals surface area contributed by atoms with Crippen LogP contribution in [0, 0.1) is 0 Å². The average molecular weight is 351 g/mol. The van der Waals surface area contributed by atoms with Crippen molar-refractivity contribution in [3.05, 3.63) is 36.1 Å². The first-order chi connectivity index (χ1) is 10.7. The number of halogens is 3. The number of rotatable bonds is 7. The predicted molar refractivity (Wildman–Crippen MR) is 78.4 cm³/mol. The molecule has 1 heterocycles. The van der Waals surface area contributed by atoms with Crippen LogP contribution < -0.4 is 4.72 Å². The minimum Gasteiger partial charge on any atom is -0.458 e. The Hall–Kier alpha value is -1.58. The highest BCUT2D eigenvalue weighted by molar-refractivity contribution is 7.89. The van der Waals surface area contributed by atoms with Crippen molar-refractivity contribution < 1.29 is 30.7 Å². The SMILES string of the molecule is CO[C@@H](CNS(=O)(=O)CCC(F)(F)F)c1cc2ccccc2o1. The fraction of sp³-hybridized carbons (Fsp3) is 0.429. The van der Waals surface area contributed by atoms with E-state index in [4.69, 9.17) is 9.15 Å². The van der Waals surface area contributed by atoms with Gasteiger partial charge >= 0.3 is 6.18 Å². The molecule has 23 heavy (non-hydrogen) atoms. The molecule has 1 atom stereocenters. The number of hydrogen-bond donors (Lipinski definition) is 1. The molecular weight excluding hydrogens is 335 g/mol. The van der Waals surface area contributed by atoms with E-state index in [1.807, 2.05) is 12.1 Å². The zero-order valence-electron chi connectivity index (χ0n) is 12.3. The highest BCUT2D eigenvalue weighted by Crippen LogP contribution is 2.25. The monoisotopic (exact) mass is 351 g/mol. The summed E-state index contributed by atoms with van der Waals surface area (Å²) in [5, 5.41) is 0.824. The predicted octanol–water partition coefficient (Wildman–Crippen LogP) is 2.99. The first-order valence-corrected chi connectivity index (χ1v) is 8.41. The van der Waals surface area contributed by atoms with Gasteiger partial charge in [0, 0.05) is 19.0 Å². The molecule has 9 heteroatoms. The van der Waals surface area contributed by atoms with E-state index in [1.54, 1.807) is 18.2 Å². The van der Waals surface area contributed by atoms with Gasteiger partial charge in [0.1, 0.15) is 17.4 Å². The van der Waals surface area contributed by atoms with Crippen LogP contribution in [0.1, 0.15) is 18.3 Å². The van der Waals surface area contributed by atoms with Gasteiger partial charge in [-0.3, -0.25) is 0 Å². The molecule has 0 fully saturated rings. The van der Waals surface area contributed by atoms with Crippen LogP contribution in [0.4, 0.5) is 13.2 Å². The first kappa shape index (κ1) is 17.8. The molecule has 0 aliphatic heterocycles. The van der Waals surface area contributed by atoms with Gasteiger partial charge in [0.25, 0.3) is 0 Å². The van der Waals surface area contributed by atoms with Crippen molar-refractivity contribution >= 4 is 21.0 Å². The Bertz CT molecular complexity index is 722. The van der Waals surface area contributed by atoms with Gasteiger partial charge in [-0.25, -0.2) is 13.1 Å². The van der Waals surface area contributed by atoms with Crippen molar-refractivity contribution in [2.45, 2.75) is 18.7 Å². The second-order valence-corrected chi connectivity index (χ2v) is 6.87. The van der Waals surface area contributed by atoms with Crippen LogP contribution in [0.5, 0.6) is 0 Å². The minimum atomic E-state index is -4.52. The molecule has 5 nitrogen and oxygen atoms in total. The summed E-state index contributed by atoms with van der Waals surface area (Å²) in [7, 11) is -2.69. The molecule has 0 saturated carbocycles. The third-order valence-corrected chi connectivity index (χ3v) is 4.54. The fourth-order valence-electron chi connectivity index (χ4n) is 1.99. The summed E-state index contributed by atoms with van der Waals surface area (Å²) in [5.41, 5.74) is 0.615. The van der Waals surface area contributed by atoms with Crippen LogP contribution in [-0.2, 0) is 14.8 Å². The maximum absolute atomic E-state index is 12.1. The molecule has 0 unspecified atom stereocenters. The van der Waals surface area contributed by atoms with Gasteiger partial charge in [-0.15, -0.1) is 0 Å². The number of para-hydroxylation sites is 1. The molecule has 2 rings (SSSR count). The number of methoxy groups -OCH3 is 1. The molecule has 0 radical (unpaired) electrons. The number of sulfonamides is 1. The lowest BCUT2D eigenvalue weighted by Gasteiger charge is -2.14. The third kappa shape index (κ3) is 5.22. The zero-order chi connectivity index (χ0) is 17.1. The highest BCUT2D eigenvalue weighted by atomic mass is 32.2. The lowest BCUT2D eigenvalue weighted by atomic mass is 10.2. The normalized spacial score (nSPS) is 14.3. The van der Waals surface area contributed by atoms with Crippen molar-refractivity contribution in [1.82, 2.24) is 4.72 Å². The van der Waals surface area contributed by atoms with E-state index in [9.17, 15) is 21.6 Å². The molecule has 0 aliphatic rings. The molecular formula is C14H16F3NO4S. The molecule has 2 aromatic rings. The van der Waals surface area contributed by atoms with Gasteiger partial charge in [-0.2, -0.15) is 13.2 Å². The Morgan fingerprint density at radius 3 is 2.61 bits per heavy atom. The van der Waals surface area contributed by atoms with E-state index < -0.39 is 34.5 Å². The molecule has 0 aliphatic carbocycles. The maximum Gasteiger partial charge on any atom is 0.390 e. The van der Waals surface area contributed by atoms with Gasteiger partial charge in [-0.1, -0.05) is 18.2 Å². The Balaban J connectivity index is 2.02. The van der Waals surface area contributed by atoms with Gasteiger partial charge < -0.3 is 9.15 Å². The van der Waals surface area contributed by atoms with Gasteiger partial charge in [0.05, 0.1) is 12.2 Å². The van der Waals surface area contributed by atoms with Crippen molar-refractivity contribution in [2.24, 2.45) is 0 Å². The number of benzene rings is 1. The van der Waals surface area contributed by atoms with Crippen LogP contribution >= 0.6 is 0 Å². The molecule has 128 valence electrons. The van der Waals surface area contributed by atoms with Crippen molar-refractivity contribution in [3.63, 3.8) is 0 Å². The van der Waals surface area contributed by atoms with Gasteiger partial charge in [0.15, 0.2) is 0 Å². The molecule has 0 spiro atoms. The van der Waals surface area contributed by atoms with E-state index in [-0.39, 0.29) is 6.54 Å². The fourth-order valence-corrected chi connectivity index (χ4v) is 3.04. The van der Waals surface area contributed by atoms with Crippen molar-refractivity contribution in [1.29, 1.82) is 0 Å². The smallest absolute Gasteiger partial charge is 0.390 e. The summed E-state index contributed by atoms with van der Waals surface area (Å²) >= 11 is 0. The molecule has 1 aromatic heterocycles. The second-order valence-electron chi connectivity index (χ2n) is 4.94. The first-order valence-electron chi connectivity index (χ1n) is 6.75. The second kappa shape index (κ2) is 6.90. The number of alkyl halides is 3. The summed E-state index contributed by atoms with van der Waals surface area (Å²) in [6.45, 7) is -0.212. The standard InChI is InChI=1S/C14H16F3NO4S/c1-21-13(9-18-23(19,20)7-6-14(15,16)17)12-8-10-4-2-3-5-11(10)22-12/h2-5,8,13,18H,6-7,9H2,1H3/t13-/m0/s1. The lowest BCUT2D eigenvalue weighted by molar-refractivity contribution is -0.130. The molecule has 0 bridgehead atoms. The third-order valence-electron chi connectivity index (χ3n) is 3.19. The van der Waals surface area contributed by atoms with Crippen molar-refractivity contribution in [3.8, 4) is 0 Å². The van der Waals surface area contributed by atoms with E-state index in [0.717, 1.165) is 5.39 Å².